The molecule has 0 aliphatic rings. The van der Waals surface area contributed by atoms with Crippen molar-refractivity contribution in [3.05, 3.63) is 71.8 Å². The summed E-state index contributed by atoms with van der Waals surface area (Å²) >= 11 is 0. The molecule has 2 aromatic carbocycles. The van der Waals surface area contributed by atoms with Crippen molar-refractivity contribution in [2.24, 2.45) is 0 Å². The minimum absolute atomic E-state index is 0.0436. The molecule has 2 nitrogen and oxygen atoms in total. The summed E-state index contributed by atoms with van der Waals surface area (Å²) in [5.74, 6) is -0.230. The molecule has 0 spiro atoms. The molecule has 0 radical (unpaired) electrons. The zero-order chi connectivity index (χ0) is 12.8. The Labute approximate surface area is 108 Å². The fraction of sp³-hybridized carbons (Fsp3) is 0.250. The van der Waals surface area contributed by atoms with E-state index in [4.69, 9.17) is 0 Å². The monoisotopic (exact) mass is 242 g/mol. The van der Waals surface area contributed by atoms with Crippen LogP contribution in [0.15, 0.2) is 60.7 Å². The Balaban J connectivity index is 2.09. The highest BCUT2D eigenvalue weighted by molar-refractivity contribution is 5.23. The topological polar surface area (TPSA) is 40.5 Å². The molecule has 0 heterocycles. The molecule has 0 saturated carbocycles. The predicted molar refractivity (Wildman–Crippen MR) is 72.4 cm³/mol. The fourth-order valence-electron chi connectivity index (χ4n) is 2.15. The summed E-state index contributed by atoms with van der Waals surface area (Å²) in [6.07, 6.45) is -0.0131. The van der Waals surface area contributed by atoms with Crippen molar-refractivity contribution in [1.82, 2.24) is 0 Å². The first-order chi connectivity index (χ1) is 8.81. The Hall–Kier alpha value is -1.64. The second-order valence-electron chi connectivity index (χ2n) is 4.46. The fourth-order valence-corrected chi connectivity index (χ4v) is 2.15. The third kappa shape index (κ3) is 3.19. The second kappa shape index (κ2) is 6.34. The van der Waals surface area contributed by atoms with Crippen LogP contribution in [0.5, 0.6) is 0 Å². The van der Waals surface area contributed by atoms with Crippen molar-refractivity contribution in [1.29, 1.82) is 0 Å². The van der Waals surface area contributed by atoms with Gasteiger partial charge in [-0.15, -0.1) is 0 Å². The van der Waals surface area contributed by atoms with Gasteiger partial charge in [0.15, 0.2) is 0 Å². The van der Waals surface area contributed by atoms with Crippen LogP contribution in [0.4, 0.5) is 0 Å². The molecule has 2 rings (SSSR count). The highest BCUT2D eigenvalue weighted by atomic mass is 16.3. The van der Waals surface area contributed by atoms with Gasteiger partial charge in [0.05, 0.1) is 12.7 Å². The van der Waals surface area contributed by atoms with Crippen LogP contribution in [-0.2, 0) is 6.42 Å². The molecule has 18 heavy (non-hydrogen) atoms. The lowest BCUT2D eigenvalue weighted by molar-refractivity contribution is 0.106. The van der Waals surface area contributed by atoms with Crippen molar-refractivity contribution < 1.29 is 10.2 Å². The van der Waals surface area contributed by atoms with Gasteiger partial charge < -0.3 is 10.2 Å². The molecular formula is C16H18O2. The summed E-state index contributed by atoms with van der Waals surface area (Å²) in [5.41, 5.74) is 2.06. The maximum Gasteiger partial charge on any atom is 0.0671 e. The van der Waals surface area contributed by atoms with Gasteiger partial charge in [-0.3, -0.25) is 0 Å². The maximum absolute atomic E-state index is 10.3. The maximum atomic E-state index is 10.3. The number of aliphatic hydroxyl groups excluding tert-OH is 2. The van der Waals surface area contributed by atoms with Gasteiger partial charge in [-0.2, -0.15) is 0 Å². The molecule has 2 atom stereocenters. The number of hydrogen-bond acceptors (Lipinski definition) is 2. The molecule has 2 heteroatoms. The normalized spacial score (nSPS) is 14.1. The Kier molecular flexibility index (Phi) is 4.51. The van der Waals surface area contributed by atoms with E-state index in [1.54, 1.807) is 0 Å². The van der Waals surface area contributed by atoms with Gasteiger partial charge >= 0.3 is 0 Å². The minimum atomic E-state index is -0.570. The van der Waals surface area contributed by atoms with E-state index in [-0.39, 0.29) is 12.5 Å². The van der Waals surface area contributed by atoms with E-state index >= 15 is 0 Å². The van der Waals surface area contributed by atoms with Crippen molar-refractivity contribution in [2.75, 3.05) is 6.61 Å². The van der Waals surface area contributed by atoms with E-state index in [9.17, 15) is 10.2 Å². The first kappa shape index (κ1) is 12.8. The van der Waals surface area contributed by atoms with Gasteiger partial charge in [-0.25, -0.2) is 0 Å². The molecule has 2 aromatic rings. The standard InChI is InChI=1S/C16H18O2/c17-12-15(14-9-5-2-6-10-14)16(18)11-13-7-3-1-4-8-13/h1-10,15-18H,11-12H2. The zero-order valence-corrected chi connectivity index (χ0v) is 10.2. The van der Waals surface area contributed by atoms with E-state index in [0.29, 0.717) is 6.42 Å². The third-order valence-electron chi connectivity index (χ3n) is 3.18. The van der Waals surface area contributed by atoms with Crippen LogP contribution in [0.1, 0.15) is 17.0 Å². The molecule has 0 bridgehead atoms. The molecule has 0 saturated heterocycles. The van der Waals surface area contributed by atoms with Gasteiger partial charge in [0.2, 0.25) is 0 Å². The van der Waals surface area contributed by atoms with Gasteiger partial charge in [0.1, 0.15) is 0 Å². The first-order valence-corrected chi connectivity index (χ1v) is 6.19. The Morgan fingerprint density at radius 2 is 1.39 bits per heavy atom. The summed E-state index contributed by atoms with van der Waals surface area (Å²) in [6, 6.07) is 19.5. The van der Waals surface area contributed by atoms with Crippen molar-refractivity contribution in [3.63, 3.8) is 0 Å². The zero-order valence-electron chi connectivity index (χ0n) is 10.2. The largest absolute Gasteiger partial charge is 0.396 e. The van der Waals surface area contributed by atoms with Crippen LogP contribution in [0.25, 0.3) is 0 Å². The first-order valence-electron chi connectivity index (χ1n) is 6.19. The number of benzene rings is 2. The number of aliphatic hydroxyl groups is 2. The van der Waals surface area contributed by atoms with Crippen LogP contribution in [-0.4, -0.2) is 22.9 Å². The summed E-state index contributed by atoms with van der Waals surface area (Å²) < 4.78 is 0. The van der Waals surface area contributed by atoms with Crippen LogP contribution >= 0.6 is 0 Å². The SMILES string of the molecule is OCC(c1ccccc1)C(O)Cc1ccccc1. The van der Waals surface area contributed by atoms with Gasteiger partial charge in [-0.1, -0.05) is 60.7 Å². The van der Waals surface area contributed by atoms with E-state index in [0.717, 1.165) is 11.1 Å². The lowest BCUT2D eigenvalue weighted by Gasteiger charge is -2.21. The molecule has 0 amide bonds. The van der Waals surface area contributed by atoms with Gasteiger partial charge in [0.25, 0.3) is 0 Å². The Bertz CT molecular complexity index is 453. The molecule has 0 aromatic heterocycles. The smallest absolute Gasteiger partial charge is 0.0671 e. The Morgan fingerprint density at radius 1 is 0.833 bits per heavy atom. The number of rotatable bonds is 5. The molecular weight excluding hydrogens is 224 g/mol. The summed E-state index contributed by atoms with van der Waals surface area (Å²) in [4.78, 5) is 0. The Morgan fingerprint density at radius 3 is 1.94 bits per heavy atom. The summed E-state index contributed by atoms with van der Waals surface area (Å²) in [5, 5.41) is 19.7. The summed E-state index contributed by atoms with van der Waals surface area (Å²) in [6.45, 7) is -0.0436. The van der Waals surface area contributed by atoms with E-state index in [1.165, 1.54) is 0 Å². The van der Waals surface area contributed by atoms with E-state index in [1.807, 2.05) is 60.7 Å². The molecule has 2 N–H and O–H groups in total. The quantitative estimate of drug-likeness (QED) is 0.845. The average molecular weight is 242 g/mol. The van der Waals surface area contributed by atoms with Crippen LogP contribution in [0, 0.1) is 0 Å². The lowest BCUT2D eigenvalue weighted by atomic mass is 9.90. The average Bonchev–Trinajstić information content (AvgIpc) is 2.42. The molecule has 94 valence electrons. The lowest BCUT2D eigenvalue weighted by Crippen LogP contribution is -2.24. The van der Waals surface area contributed by atoms with E-state index in [2.05, 4.69) is 0 Å². The van der Waals surface area contributed by atoms with E-state index < -0.39 is 6.10 Å². The van der Waals surface area contributed by atoms with Gasteiger partial charge in [0, 0.05) is 5.92 Å². The molecule has 0 aliphatic heterocycles. The second-order valence-corrected chi connectivity index (χ2v) is 4.46. The van der Waals surface area contributed by atoms with Crippen LogP contribution in [0.3, 0.4) is 0 Å². The van der Waals surface area contributed by atoms with Crippen molar-refractivity contribution in [3.8, 4) is 0 Å². The molecule has 2 unspecified atom stereocenters. The van der Waals surface area contributed by atoms with Gasteiger partial charge in [-0.05, 0) is 17.5 Å². The van der Waals surface area contributed by atoms with Crippen LogP contribution in [0.2, 0.25) is 0 Å². The third-order valence-corrected chi connectivity index (χ3v) is 3.18. The highest BCUT2D eigenvalue weighted by Crippen LogP contribution is 2.21. The van der Waals surface area contributed by atoms with Crippen molar-refractivity contribution >= 4 is 0 Å². The minimum Gasteiger partial charge on any atom is -0.396 e. The van der Waals surface area contributed by atoms with Crippen molar-refractivity contribution in [2.45, 2.75) is 18.4 Å². The molecule has 0 aliphatic carbocycles. The van der Waals surface area contributed by atoms with Crippen LogP contribution < -0.4 is 0 Å². The summed E-state index contributed by atoms with van der Waals surface area (Å²) in [7, 11) is 0. The number of hydrogen-bond donors (Lipinski definition) is 2. The predicted octanol–water partition coefficient (Wildman–Crippen LogP) is 2.37. The molecule has 0 fully saturated rings. The highest BCUT2D eigenvalue weighted by Gasteiger charge is 2.20.